The van der Waals surface area contributed by atoms with Gasteiger partial charge >= 0.3 is 0 Å². The first-order valence-corrected chi connectivity index (χ1v) is 14.7. The summed E-state index contributed by atoms with van der Waals surface area (Å²) in [5.74, 6) is 2.38. The van der Waals surface area contributed by atoms with E-state index in [0.29, 0.717) is 40.6 Å². The van der Waals surface area contributed by atoms with E-state index in [-0.39, 0.29) is 5.92 Å². The summed E-state index contributed by atoms with van der Waals surface area (Å²) in [7, 11) is -1.40. The zero-order valence-corrected chi connectivity index (χ0v) is 23.6. The largest absolute Gasteiger partial charge is 0.370 e. The molecule has 1 saturated heterocycles. The van der Waals surface area contributed by atoms with Crippen molar-refractivity contribution in [1.82, 2.24) is 29.5 Å². The molecule has 5 rings (SSSR count). The fourth-order valence-corrected chi connectivity index (χ4v) is 5.62. The first-order valence-electron chi connectivity index (χ1n) is 12.4. The molecule has 0 amide bonds. The van der Waals surface area contributed by atoms with Gasteiger partial charge in [0.2, 0.25) is 10.0 Å². The van der Waals surface area contributed by atoms with Crippen LogP contribution >= 0.6 is 11.6 Å². The van der Waals surface area contributed by atoms with Gasteiger partial charge in [-0.05, 0) is 42.0 Å². The minimum atomic E-state index is -3.19. The predicted octanol–water partition coefficient (Wildman–Crippen LogP) is 4.24. The standard InChI is InChI=1S/C26H31ClN8O2S/c1-15(2)18-6-7-21(35-13-17(14-35)11-30-38(5,36)37)20-12-29-23(10-19(18)20)31-22-8-9-28-26(32-22)24-16(3)33-34(4)25(24)27/h6-10,12,15,17,30H,11,13-14H2,1-5H3,(H,28,29,31,32). The minimum Gasteiger partial charge on any atom is -0.370 e. The van der Waals surface area contributed by atoms with Crippen LogP contribution in [0, 0.1) is 12.8 Å². The van der Waals surface area contributed by atoms with Gasteiger partial charge in [-0.25, -0.2) is 28.1 Å². The summed E-state index contributed by atoms with van der Waals surface area (Å²) in [6, 6.07) is 8.16. The highest BCUT2D eigenvalue weighted by Gasteiger charge is 2.29. The monoisotopic (exact) mass is 554 g/mol. The molecule has 4 heterocycles. The molecule has 1 aromatic carbocycles. The number of aryl methyl sites for hydroxylation is 2. The normalized spacial score (nSPS) is 14.3. The summed E-state index contributed by atoms with van der Waals surface area (Å²) < 4.78 is 27.1. The molecule has 3 aromatic heterocycles. The van der Waals surface area contributed by atoms with Crippen molar-refractivity contribution in [3.05, 3.63) is 53.1 Å². The molecule has 2 N–H and O–H groups in total. The molecule has 0 radical (unpaired) electrons. The molecular weight excluding hydrogens is 524 g/mol. The van der Waals surface area contributed by atoms with Gasteiger partial charge in [0.25, 0.3) is 0 Å². The Bertz CT molecular complexity index is 1610. The van der Waals surface area contributed by atoms with Gasteiger partial charge in [0, 0.05) is 56.1 Å². The van der Waals surface area contributed by atoms with Crippen LogP contribution in [0.1, 0.15) is 31.0 Å². The van der Waals surface area contributed by atoms with E-state index in [1.54, 1.807) is 24.0 Å². The van der Waals surface area contributed by atoms with E-state index in [0.717, 1.165) is 35.2 Å². The summed E-state index contributed by atoms with van der Waals surface area (Å²) in [6.45, 7) is 8.26. The van der Waals surface area contributed by atoms with Crippen LogP contribution in [0.3, 0.4) is 0 Å². The van der Waals surface area contributed by atoms with Gasteiger partial charge in [-0.3, -0.25) is 4.68 Å². The van der Waals surface area contributed by atoms with Crippen molar-refractivity contribution in [3.63, 3.8) is 0 Å². The lowest BCUT2D eigenvalue weighted by Gasteiger charge is -2.41. The molecular formula is C26H31ClN8O2S. The molecule has 0 unspecified atom stereocenters. The Morgan fingerprint density at radius 3 is 2.55 bits per heavy atom. The van der Waals surface area contributed by atoms with E-state index in [4.69, 9.17) is 16.6 Å². The average molecular weight is 555 g/mol. The van der Waals surface area contributed by atoms with Crippen molar-refractivity contribution in [2.24, 2.45) is 13.0 Å². The van der Waals surface area contributed by atoms with E-state index >= 15 is 0 Å². The first-order chi connectivity index (χ1) is 18.0. The summed E-state index contributed by atoms with van der Waals surface area (Å²) in [5.41, 5.74) is 3.79. The molecule has 200 valence electrons. The number of hydrogen-bond donors (Lipinski definition) is 2. The smallest absolute Gasteiger partial charge is 0.208 e. The highest BCUT2D eigenvalue weighted by molar-refractivity contribution is 7.88. The molecule has 1 aliphatic rings. The molecule has 1 aliphatic heterocycles. The van der Waals surface area contributed by atoms with Crippen LogP contribution in [0.25, 0.3) is 22.2 Å². The lowest BCUT2D eigenvalue weighted by atomic mass is 9.93. The molecule has 0 saturated carbocycles. The van der Waals surface area contributed by atoms with Crippen molar-refractivity contribution in [3.8, 4) is 11.4 Å². The van der Waals surface area contributed by atoms with Gasteiger partial charge in [0.1, 0.15) is 16.8 Å². The molecule has 0 bridgehead atoms. The Kier molecular flexibility index (Phi) is 7.01. The first kappa shape index (κ1) is 26.3. The minimum absolute atomic E-state index is 0.280. The molecule has 4 aromatic rings. The lowest BCUT2D eigenvalue weighted by Crippen LogP contribution is -2.51. The second-order valence-corrected chi connectivity index (χ2v) is 12.3. The van der Waals surface area contributed by atoms with E-state index in [1.807, 2.05) is 13.1 Å². The summed E-state index contributed by atoms with van der Waals surface area (Å²) in [6.07, 6.45) is 4.77. The number of aromatic nitrogens is 5. The third-order valence-corrected chi connectivity index (χ3v) is 7.88. The third-order valence-electron chi connectivity index (χ3n) is 6.75. The number of sulfonamides is 1. The molecule has 12 heteroatoms. The second-order valence-electron chi connectivity index (χ2n) is 10.1. The number of rotatable bonds is 8. The van der Waals surface area contributed by atoms with Crippen LogP contribution < -0.4 is 14.9 Å². The Morgan fingerprint density at radius 1 is 1.13 bits per heavy atom. The fourth-order valence-electron chi connectivity index (χ4n) is 4.82. The Labute approximate surface area is 227 Å². The zero-order valence-electron chi connectivity index (χ0n) is 22.0. The maximum absolute atomic E-state index is 11.4. The van der Waals surface area contributed by atoms with Gasteiger partial charge in [0.15, 0.2) is 5.82 Å². The van der Waals surface area contributed by atoms with Crippen LogP contribution in [0.15, 0.2) is 36.7 Å². The number of fused-ring (bicyclic) bond motifs is 1. The van der Waals surface area contributed by atoms with Gasteiger partial charge < -0.3 is 10.2 Å². The van der Waals surface area contributed by atoms with Crippen molar-refractivity contribution >= 4 is 49.7 Å². The van der Waals surface area contributed by atoms with Gasteiger partial charge in [0.05, 0.1) is 17.5 Å². The number of anilines is 3. The van der Waals surface area contributed by atoms with Crippen LogP contribution in [0.4, 0.5) is 17.3 Å². The SMILES string of the molecule is Cc1nn(C)c(Cl)c1-c1nccc(Nc2cc3c(C(C)C)ccc(N4CC(CNS(C)(=O)=O)C4)c3cn2)n1. The van der Waals surface area contributed by atoms with Crippen LogP contribution in [0.2, 0.25) is 5.15 Å². The van der Waals surface area contributed by atoms with Crippen molar-refractivity contribution < 1.29 is 8.42 Å². The van der Waals surface area contributed by atoms with E-state index in [2.05, 4.69) is 62.1 Å². The van der Waals surface area contributed by atoms with E-state index in [1.165, 1.54) is 11.8 Å². The maximum Gasteiger partial charge on any atom is 0.208 e. The highest BCUT2D eigenvalue weighted by atomic mass is 35.5. The van der Waals surface area contributed by atoms with E-state index in [9.17, 15) is 8.42 Å². The highest BCUT2D eigenvalue weighted by Crippen LogP contribution is 2.37. The zero-order chi connectivity index (χ0) is 27.2. The second kappa shape index (κ2) is 10.1. The Balaban J connectivity index is 1.42. The van der Waals surface area contributed by atoms with E-state index < -0.39 is 10.0 Å². The average Bonchev–Trinajstić information content (AvgIpc) is 3.08. The molecule has 0 aliphatic carbocycles. The molecule has 0 atom stereocenters. The Morgan fingerprint density at radius 2 is 1.89 bits per heavy atom. The number of hydrogen-bond acceptors (Lipinski definition) is 8. The fraction of sp³-hybridized carbons (Fsp3) is 0.385. The maximum atomic E-state index is 11.4. The summed E-state index contributed by atoms with van der Waals surface area (Å²) >= 11 is 6.43. The van der Waals surface area contributed by atoms with Gasteiger partial charge in [-0.1, -0.05) is 31.5 Å². The summed E-state index contributed by atoms with van der Waals surface area (Å²) in [4.78, 5) is 16.0. The van der Waals surface area contributed by atoms with Gasteiger partial charge in [-0.2, -0.15) is 5.10 Å². The topological polar surface area (TPSA) is 118 Å². The lowest BCUT2D eigenvalue weighted by molar-refractivity contribution is 0.407. The third kappa shape index (κ3) is 5.31. The number of nitrogens with one attached hydrogen (secondary N) is 2. The number of halogens is 1. The predicted molar refractivity (Wildman–Crippen MR) is 152 cm³/mol. The van der Waals surface area contributed by atoms with Gasteiger partial charge in [-0.15, -0.1) is 0 Å². The quantitative estimate of drug-likeness (QED) is 0.332. The molecule has 10 nitrogen and oxygen atoms in total. The number of nitrogens with zero attached hydrogens (tertiary/aromatic N) is 6. The van der Waals surface area contributed by atoms with Crippen LogP contribution in [-0.2, 0) is 17.1 Å². The molecule has 0 spiro atoms. The Hall–Kier alpha value is -3.28. The number of benzene rings is 1. The van der Waals surface area contributed by atoms with Crippen LogP contribution in [-0.4, -0.2) is 59.0 Å². The van der Waals surface area contributed by atoms with Crippen molar-refractivity contribution in [1.29, 1.82) is 0 Å². The summed E-state index contributed by atoms with van der Waals surface area (Å²) in [5, 5.41) is 10.3. The van der Waals surface area contributed by atoms with Crippen LogP contribution in [0.5, 0.6) is 0 Å². The van der Waals surface area contributed by atoms with Crippen molar-refractivity contribution in [2.45, 2.75) is 26.7 Å². The number of pyridine rings is 1. The molecule has 1 fully saturated rings. The van der Waals surface area contributed by atoms with Crippen molar-refractivity contribution in [2.75, 3.05) is 36.1 Å². The molecule has 38 heavy (non-hydrogen) atoms.